The molecule has 0 spiro atoms. The zero-order valence-electron chi connectivity index (χ0n) is 13.8. The highest BCUT2D eigenvalue weighted by Crippen LogP contribution is 2.20. The van der Waals surface area contributed by atoms with Gasteiger partial charge < -0.3 is 15.1 Å². The highest BCUT2D eigenvalue weighted by Gasteiger charge is 2.19. The molecule has 1 saturated heterocycles. The number of hydrogen-bond donors (Lipinski definition) is 1. The number of rotatable bonds is 1. The summed E-state index contributed by atoms with van der Waals surface area (Å²) >= 11 is 0. The van der Waals surface area contributed by atoms with E-state index < -0.39 is 0 Å². The topological polar surface area (TPSA) is 21.8 Å². The quantitative estimate of drug-likeness (QED) is 0.837. The van der Waals surface area contributed by atoms with Gasteiger partial charge in [-0.2, -0.15) is 0 Å². The Kier molecular flexibility index (Phi) is 6.64. The summed E-state index contributed by atoms with van der Waals surface area (Å²) in [4.78, 5) is 7.35. The molecule has 2 rings (SSSR count). The van der Waals surface area contributed by atoms with Gasteiger partial charge in [0, 0.05) is 51.9 Å². The standard InChI is InChI=1S/C17H30N4/c1-19-11-9-18-10-12-20(2)15-17(21(3)14-13-19)16-7-5-4-6-8-16/h4-8,17-18H,9-15H2,1-3H3. The van der Waals surface area contributed by atoms with Crippen molar-refractivity contribution in [1.82, 2.24) is 20.0 Å². The third kappa shape index (κ3) is 5.40. The molecule has 21 heavy (non-hydrogen) atoms. The van der Waals surface area contributed by atoms with E-state index in [9.17, 15) is 0 Å². The minimum atomic E-state index is 0.462. The lowest BCUT2D eigenvalue weighted by molar-refractivity contribution is 0.159. The number of benzene rings is 1. The maximum Gasteiger partial charge on any atom is 0.0472 e. The van der Waals surface area contributed by atoms with Crippen LogP contribution in [0, 0.1) is 0 Å². The van der Waals surface area contributed by atoms with E-state index in [4.69, 9.17) is 0 Å². The van der Waals surface area contributed by atoms with Crippen LogP contribution < -0.4 is 5.32 Å². The van der Waals surface area contributed by atoms with Gasteiger partial charge in [-0.1, -0.05) is 30.3 Å². The van der Waals surface area contributed by atoms with Gasteiger partial charge in [0.25, 0.3) is 0 Å². The minimum Gasteiger partial charge on any atom is -0.314 e. The Morgan fingerprint density at radius 2 is 1.52 bits per heavy atom. The van der Waals surface area contributed by atoms with Crippen molar-refractivity contribution in [2.24, 2.45) is 0 Å². The Morgan fingerprint density at radius 3 is 2.24 bits per heavy atom. The summed E-state index contributed by atoms with van der Waals surface area (Å²) in [5, 5.41) is 3.53. The molecule has 1 aliphatic heterocycles. The highest BCUT2D eigenvalue weighted by molar-refractivity contribution is 5.19. The summed E-state index contributed by atoms with van der Waals surface area (Å²) in [5.41, 5.74) is 1.42. The van der Waals surface area contributed by atoms with Crippen molar-refractivity contribution in [2.45, 2.75) is 6.04 Å². The lowest BCUT2D eigenvalue weighted by atomic mass is 10.0. The molecule has 1 unspecified atom stereocenters. The van der Waals surface area contributed by atoms with Gasteiger partial charge in [-0.3, -0.25) is 4.90 Å². The second-order valence-corrected chi connectivity index (χ2v) is 6.22. The van der Waals surface area contributed by atoms with Crippen LogP contribution in [0.25, 0.3) is 0 Å². The first-order valence-corrected chi connectivity index (χ1v) is 8.00. The van der Waals surface area contributed by atoms with E-state index in [1.807, 2.05) is 0 Å². The minimum absolute atomic E-state index is 0.462. The van der Waals surface area contributed by atoms with Crippen LogP contribution in [0.2, 0.25) is 0 Å². The lowest BCUT2D eigenvalue weighted by Crippen LogP contribution is -2.43. The summed E-state index contributed by atoms with van der Waals surface area (Å²) < 4.78 is 0. The Hall–Kier alpha value is -0.940. The van der Waals surface area contributed by atoms with Crippen molar-refractivity contribution in [3.8, 4) is 0 Å². The van der Waals surface area contributed by atoms with Crippen LogP contribution in [-0.2, 0) is 0 Å². The average Bonchev–Trinajstić information content (AvgIpc) is 2.49. The van der Waals surface area contributed by atoms with Gasteiger partial charge in [0.1, 0.15) is 0 Å². The molecule has 4 heteroatoms. The van der Waals surface area contributed by atoms with Crippen LogP contribution in [0.5, 0.6) is 0 Å². The van der Waals surface area contributed by atoms with E-state index >= 15 is 0 Å². The van der Waals surface area contributed by atoms with E-state index in [1.165, 1.54) is 5.56 Å². The van der Waals surface area contributed by atoms with Crippen LogP contribution >= 0.6 is 0 Å². The van der Waals surface area contributed by atoms with Gasteiger partial charge in [0.15, 0.2) is 0 Å². The van der Waals surface area contributed by atoms with Gasteiger partial charge in [-0.25, -0.2) is 0 Å². The molecular formula is C17H30N4. The fourth-order valence-electron chi connectivity index (χ4n) is 2.82. The lowest BCUT2D eigenvalue weighted by Gasteiger charge is -2.34. The summed E-state index contributed by atoms with van der Waals surface area (Å²) in [5.74, 6) is 0. The third-order valence-corrected chi connectivity index (χ3v) is 4.38. The predicted molar refractivity (Wildman–Crippen MR) is 89.7 cm³/mol. The Morgan fingerprint density at radius 1 is 0.857 bits per heavy atom. The third-order valence-electron chi connectivity index (χ3n) is 4.38. The van der Waals surface area contributed by atoms with Gasteiger partial charge in [-0.15, -0.1) is 0 Å². The van der Waals surface area contributed by atoms with Crippen molar-refractivity contribution in [3.05, 3.63) is 35.9 Å². The number of hydrogen-bond acceptors (Lipinski definition) is 4. The summed E-state index contributed by atoms with van der Waals surface area (Å²) in [6.45, 7) is 7.65. The normalized spacial score (nSPS) is 25.2. The molecule has 118 valence electrons. The second-order valence-electron chi connectivity index (χ2n) is 6.22. The molecule has 0 saturated carbocycles. The Bertz CT molecular complexity index is 395. The maximum atomic E-state index is 3.53. The Labute approximate surface area is 129 Å². The van der Waals surface area contributed by atoms with Crippen molar-refractivity contribution in [1.29, 1.82) is 0 Å². The van der Waals surface area contributed by atoms with Crippen LogP contribution in [-0.4, -0.2) is 81.7 Å². The first kappa shape index (κ1) is 16.4. The molecule has 1 heterocycles. The molecule has 0 aromatic heterocycles. The number of nitrogens with zero attached hydrogens (tertiary/aromatic N) is 3. The van der Waals surface area contributed by atoms with Crippen molar-refractivity contribution >= 4 is 0 Å². The molecule has 1 fully saturated rings. The van der Waals surface area contributed by atoms with E-state index in [1.54, 1.807) is 0 Å². The fraction of sp³-hybridized carbons (Fsp3) is 0.647. The van der Waals surface area contributed by atoms with Crippen LogP contribution in [0.3, 0.4) is 0 Å². The van der Waals surface area contributed by atoms with Gasteiger partial charge in [0.05, 0.1) is 0 Å². The molecule has 1 aromatic rings. The second kappa shape index (κ2) is 8.49. The van der Waals surface area contributed by atoms with E-state index in [0.29, 0.717) is 6.04 Å². The van der Waals surface area contributed by atoms with Gasteiger partial charge >= 0.3 is 0 Å². The van der Waals surface area contributed by atoms with Gasteiger partial charge in [0.2, 0.25) is 0 Å². The molecule has 0 bridgehead atoms. The van der Waals surface area contributed by atoms with Crippen molar-refractivity contribution in [3.63, 3.8) is 0 Å². The molecule has 1 aromatic carbocycles. The molecule has 1 aliphatic rings. The van der Waals surface area contributed by atoms with Crippen molar-refractivity contribution < 1.29 is 0 Å². The molecule has 4 nitrogen and oxygen atoms in total. The highest BCUT2D eigenvalue weighted by atomic mass is 15.2. The average molecular weight is 290 g/mol. The zero-order chi connectivity index (χ0) is 15.1. The van der Waals surface area contributed by atoms with E-state index in [0.717, 1.165) is 45.8 Å². The van der Waals surface area contributed by atoms with Crippen LogP contribution in [0.4, 0.5) is 0 Å². The van der Waals surface area contributed by atoms with Crippen LogP contribution in [0.1, 0.15) is 11.6 Å². The van der Waals surface area contributed by atoms with E-state index in [2.05, 4.69) is 71.5 Å². The largest absolute Gasteiger partial charge is 0.314 e. The molecule has 0 aliphatic carbocycles. The summed E-state index contributed by atoms with van der Waals surface area (Å²) in [7, 11) is 6.69. The fourth-order valence-corrected chi connectivity index (χ4v) is 2.82. The summed E-state index contributed by atoms with van der Waals surface area (Å²) in [6.07, 6.45) is 0. The monoisotopic (exact) mass is 290 g/mol. The molecule has 0 radical (unpaired) electrons. The zero-order valence-corrected chi connectivity index (χ0v) is 13.8. The first-order chi connectivity index (χ1) is 10.2. The van der Waals surface area contributed by atoms with E-state index in [-0.39, 0.29) is 0 Å². The number of nitrogens with one attached hydrogen (secondary N) is 1. The Balaban J connectivity index is 2.09. The van der Waals surface area contributed by atoms with Crippen LogP contribution in [0.15, 0.2) is 30.3 Å². The summed E-state index contributed by atoms with van der Waals surface area (Å²) in [6, 6.07) is 11.4. The maximum absolute atomic E-state index is 3.53. The van der Waals surface area contributed by atoms with Gasteiger partial charge in [-0.05, 0) is 26.7 Å². The SMILES string of the molecule is CN1CCNCCN(C)CC(c2ccccc2)N(C)CC1. The first-order valence-electron chi connectivity index (χ1n) is 8.00. The molecular weight excluding hydrogens is 260 g/mol. The number of likely N-dealkylation sites (N-methyl/N-ethyl adjacent to an activating group) is 3. The smallest absolute Gasteiger partial charge is 0.0472 e. The molecule has 1 N–H and O–H groups in total. The molecule has 1 atom stereocenters. The predicted octanol–water partition coefficient (Wildman–Crippen LogP) is 1.13. The molecule has 0 amide bonds. The van der Waals surface area contributed by atoms with Crippen molar-refractivity contribution in [2.75, 3.05) is 67.0 Å².